The number of aromatic nitrogens is 2. The van der Waals surface area contributed by atoms with Gasteiger partial charge in [0.25, 0.3) is 0 Å². The maximum absolute atomic E-state index is 12.9. The Kier molecular flexibility index (Phi) is 7.28. The second kappa shape index (κ2) is 9.44. The third kappa shape index (κ3) is 6.23. The molecule has 4 N–H and O–H groups in total. The van der Waals surface area contributed by atoms with Crippen LogP contribution >= 0.6 is 23.6 Å². The van der Waals surface area contributed by atoms with Gasteiger partial charge in [0.05, 0.1) is 5.92 Å². The first-order chi connectivity index (χ1) is 12.3. The van der Waals surface area contributed by atoms with Crippen molar-refractivity contribution in [3.8, 4) is 0 Å². The van der Waals surface area contributed by atoms with Gasteiger partial charge in [-0.25, -0.2) is 4.79 Å². The van der Waals surface area contributed by atoms with Gasteiger partial charge in [0.2, 0.25) is 11.0 Å². The highest BCUT2D eigenvalue weighted by Crippen LogP contribution is 2.21. The molecule has 1 aromatic carbocycles. The standard InChI is InChI=1S/C17H22N4O3S2/c1-10(2)8-13(18-16(23)24)12(9-11-6-4-3-5-7-11)14(22)19-15-20-21-17(25)26-15/h3-7,10,12-13,18H,8-9H2,1-2H3,(H,21,25)(H,23,24)(H,19,20,22)/t12-,13+/m0/s1. The predicted molar refractivity (Wildman–Crippen MR) is 104 cm³/mol. The van der Waals surface area contributed by atoms with Gasteiger partial charge in [-0.05, 0) is 36.5 Å². The number of nitrogens with one attached hydrogen (secondary N) is 3. The van der Waals surface area contributed by atoms with Gasteiger partial charge < -0.3 is 15.7 Å². The summed E-state index contributed by atoms with van der Waals surface area (Å²) in [7, 11) is 0. The quantitative estimate of drug-likeness (QED) is 0.511. The molecule has 9 heteroatoms. The van der Waals surface area contributed by atoms with E-state index in [4.69, 9.17) is 12.2 Å². The van der Waals surface area contributed by atoms with E-state index in [1.54, 1.807) is 0 Å². The van der Waals surface area contributed by atoms with Crippen LogP contribution in [0.15, 0.2) is 30.3 Å². The fraction of sp³-hybridized carbons (Fsp3) is 0.412. The van der Waals surface area contributed by atoms with Crippen LogP contribution in [-0.4, -0.2) is 33.3 Å². The van der Waals surface area contributed by atoms with E-state index in [0.29, 0.717) is 21.9 Å². The van der Waals surface area contributed by atoms with Gasteiger partial charge in [-0.2, -0.15) is 0 Å². The summed E-state index contributed by atoms with van der Waals surface area (Å²) in [5, 5.41) is 21.4. The van der Waals surface area contributed by atoms with Crippen molar-refractivity contribution in [2.24, 2.45) is 11.8 Å². The van der Waals surface area contributed by atoms with E-state index in [0.717, 1.165) is 16.9 Å². The molecule has 0 aliphatic heterocycles. The topological polar surface area (TPSA) is 107 Å². The molecule has 2 amide bonds. The summed E-state index contributed by atoms with van der Waals surface area (Å²) >= 11 is 6.14. The summed E-state index contributed by atoms with van der Waals surface area (Å²) in [5.41, 5.74) is 0.961. The number of nitrogens with zero attached hydrogens (tertiary/aromatic N) is 1. The van der Waals surface area contributed by atoms with Gasteiger partial charge in [0, 0.05) is 6.04 Å². The Labute approximate surface area is 160 Å². The van der Waals surface area contributed by atoms with E-state index in [1.165, 1.54) is 0 Å². The first-order valence-electron chi connectivity index (χ1n) is 8.25. The van der Waals surface area contributed by atoms with Gasteiger partial charge in [-0.3, -0.25) is 9.89 Å². The molecule has 2 aromatic rings. The molecule has 7 nitrogen and oxygen atoms in total. The number of hydrogen-bond donors (Lipinski definition) is 4. The van der Waals surface area contributed by atoms with Gasteiger partial charge in [0.15, 0.2) is 3.95 Å². The van der Waals surface area contributed by atoms with Crippen LogP contribution in [0.3, 0.4) is 0 Å². The average Bonchev–Trinajstić information content (AvgIpc) is 2.97. The van der Waals surface area contributed by atoms with Crippen molar-refractivity contribution in [1.82, 2.24) is 15.5 Å². The number of amides is 2. The van der Waals surface area contributed by atoms with Crippen molar-refractivity contribution in [1.29, 1.82) is 0 Å². The summed E-state index contributed by atoms with van der Waals surface area (Å²) in [6, 6.07) is 9.02. The second-order valence-corrected chi connectivity index (χ2v) is 8.06. The van der Waals surface area contributed by atoms with Gasteiger partial charge in [-0.1, -0.05) is 55.5 Å². The minimum atomic E-state index is -1.14. The molecule has 140 valence electrons. The Morgan fingerprint density at radius 2 is 2.00 bits per heavy atom. The Morgan fingerprint density at radius 3 is 2.54 bits per heavy atom. The molecule has 2 rings (SSSR count). The third-order valence-electron chi connectivity index (χ3n) is 3.82. The van der Waals surface area contributed by atoms with Gasteiger partial charge in [0.1, 0.15) is 0 Å². The Hall–Kier alpha value is -2.26. The molecule has 0 saturated heterocycles. The molecule has 1 heterocycles. The van der Waals surface area contributed by atoms with Crippen LogP contribution in [0.2, 0.25) is 0 Å². The fourth-order valence-electron chi connectivity index (χ4n) is 2.76. The summed E-state index contributed by atoms with van der Waals surface area (Å²) in [6.07, 6.45) is -0.176. The highest BCUT2D eigenvalue weighted by Gasteiger charge is 2.31. The molecule has 26 heavy (non-hydrogen) atoms. The summed E-state index contributed by atoms with van der Waals surface area (Å²) < 4.78 is 0.460. The number of hydrogen-bond acceptors (Lipinski definition) is 5. The van der Waals surface area contributed by atoms with Crippen molar-refractivity contribution in [2.75, 3.05) is 5.32 Å². The molecule has 0 fully saturated rings. The number of benzene rings is 1. The summed E-state index contributed by atoms with van der Waals surface area (Å²) in [4.78, 5) is 24.2. The number of carboxylic acid groups (broad SMARTS) is 1. The highest BCUT2D eigenvalue weighted by molar-refractivity contribution is 7.73. The van der Waals surface area contributed by atoms with Crippen molar-refractivity contribution in [3.63, 3.8) is 0 Å². The normalized spacial score (nSPS) is 13.2. The van der Waals surface area contributed by atoms with E-state index < -0.39 is 18.1 Å². The zero-order valence-electron chi connectivity index (χ0n) is 14.6. The zero-order valence-corrected chi connectivity index (χ0v) is 16.2. The molecule has 0 unspecified atom stereocenters. The average molecular weight is 395 g/mol. The molecule has 0 bridgehead atoms. The highest BCUT2D eigenvalue weighted by atomic mass is 32.1. The Morgan fingerprint density at radius 1 is 1.31 bits per heavy atom. The molecule has 2 atom stereocenters. The lowest BCUT2D eigenvalue weighted by Crippen LogP contribution is -2.46. The van der Waals surface area contributed by atoms with E-state index >= 15 is 0 Å². The van der Waals surface area contributed by atoms with E-state index in [-0.39, 0.29) is 11.8 Å². The van der Waals surface area contributed by atoms with Crippen LogP contribution < -0.4 is 10.6 Å². The Bertz CT molecular complexity index is 789. The summed E-state index contributed by atoms with van der Waals surface area (Å²) in [6.45, 7) is 3.99. The SMILES string of the molecule is CC(C)C[C@@H](NC(=O)O)[C@H](Cc1ccccc1)C(=O)Nc1n[nH]c(=S)s1. The lowest BCUT2D eigenvalue weighted by molar-refractivity contribution is -0.120. The molecular weight excluding hydrogens is 372 g/mol. The maximum atomic E-state index is 12.9. The zero-order chi connectivity index (χ0) is 19.1. The van der Waals surface area contributed by atoms with Gasteiger partial charge >= 0.3 is 6.09 Å². The number of carbonyl (C=O) groups excluding carboxylic acids is 1. The van der Waals surface area contributed by atoms with E-state index in [1.807, 2.05) is 44.2 Å². The van der Waals surface area contributed by atoms with Crippen LogP contribution in [0.5, 0.6) is 0 Å². The molecule has 0 aliphatic rings. The number of anilines is 1. The molecule has 0 aliphatic carbocycles. The smallest absolute Gasteiger partial charge is 0.404 e. The molecule has 0 radical (unpaired) electrons. The van der Waals surface area contributed by atoms with Crippen LogP contribution in [0.1, 0.15) is 25.8 Å². The van der Waals surface area contributed by atoms with Crippen LogP contribution in [0.25, 0.3) is 0 Å². The first kappa shape index (κ1) is 20.1. The number of rotatable bonds is 8. The van der Waals surface area contributed by atoms with Crippen molar-refractivity contribution in [2.45, 2.75) is 32.7 Å². The lowest BCUT2D eigenvalue weighted by atomic mass is 9.86. The fourth-order valence-corrected chi connectivity index (χ4v) is 3.55. The third-order valence-corrected chi connectivity index (χ3v) is 4.83. The van der Waals surface area contributed by atoms with Gasteiger partial charge in [-0.15, -0.1) is 5.10 Å². The van der Waals surface area contributed by atoms with Crippen molar-refractivity contribution in [3.05, 3.63) is 39.8 Å². The second-order valence-electron chi connectivity index (χ2n) is 6.39. The largest absolute Gasteiger partial charge is 0.465 e. The van der Waals surface area contributed by atoms with E-state index in [2.05, 4.69) is 20.8 Å². The van der Waals surface area contributed by atoms with Crippen molar-refractivity contribution >= 4 is 40.7 Å². The number of H-pyrrole nitrogens is 1. The van der Waals surface area contributed by atoms with Crippen LogP contribution in [-0.2, 0) is 11.2 Å². The maximum Gasteiger partial charge on any atom is 0.404 e. The molecule has 0 spiro atoms. The molecular formula is C17H22N4O3S2. The predicted octanol–water partition coefficient (Wildman–Crippen LogP) is 3.68. The van der Waals surface area contributed by atoms with Crippen LogP contribution in [0, 0.1) is 15.8 Å². The number of aromatic amines is 1. The molecule has 1 aromatic heterocycles. The summed E-state index contributed by atoms with van der Waals surface area (Å²) in [5.74, 6) is -0.635. The van der Waals surface area contributed by atoms with E-state index in [9.17, 15) is 14.7 Å². The minimum absolute atomic E-state index is 0.227. The van der Waals surface area contributed by atoms with Crippen LogP contribution in [0.4, 0.5) is 9.93 Å². The monoisotopic (exact) mass is 394 g/mol. The minimum Gasteiger partial charge on any atom is -0.465 e. The molecule has 0 saturated carbocycles. The van der Waals surface area contributed by atoms with Crippen molar-refractivity contribution < 1.29 is 14.7 Å². The Balaban J connectivity index is 2.26. The number of carbonyl (C=O) groups is 2. The lowest BCUT2D eigenvalue weighted by Gasteiger charge is -2.27. The first-order valence-corrected chi connectivity index (χ1v) is 9.47.